The molecule has 17 heavy (non-hydrogen) atoms. The lowest BCUT2D eigenvalue weighted by Gasteiger charge is -2.40. The Bertz CT molecular complexity index is 366. The van der Waals surface area contributed by atoms with Crippen LogP contribution < -0.4 is 10.6 Å². The molecule has 1 aromatic rings. The van der Waals surface area contributed by atoms with Crippen molar-refractivity contribution in [2.45, 2.75) is 26.4 Å². The Morgan fingerprint density at radius 3 is 2.94 bits per heavy atom. The van der Waals surface area contributed by atoms with Gasteiger partial charge in [0.2, 0.25) is 0 Å². The lowest BCUT2D eigenvalue weighted by molar-refractivity contribution is 0.199. The van der Waals surface area contributed by atoms with Gasteiger partial charge in [-0.15, -0.1) is 0 Å². The van der Waals surface area contributed by atoms with E-state index in [1.54, 1.807) is 0 Å². The first kappa shape index (κ1) is 12.3. The van der Waals surface area contributed by atoms with Crippen LogP contribution >= 0.6 is 0 Å². The van der Waals surface area contributed by atoms with Crippen LogP contribution in [0, 0.1) is 0 Å². The zero-order valence-corrected chi connectivity index (χ0v) is 10.8. The number of anilines is 1. The summed E-state index contributed by atoms with van der Waals surface area (Å²) >= 11 is 0. The van der Waals surface area contributed by atoms with Gasteiger partial charge in [-0.25, -0.2) is 0 Å². The number of nitrogens with two attached hydrogens (primary N) is 1. The second-order valence-corrected chi connectivity index (χ2v) is 4.63. The van der Waals surface area contributed by atoms with Gasteiger partial charge in [0.25, 0.3) is 0 Å². The summed E-state index contributed by atoms with van der Waals surface area (Å²) in [4.78, 5) is 9.18. The molecule has 1 aliphatic heterocycles. The van der Waals surface area contributed by atoms with Gasteiger partial charge < -0.3 is 10.6 Å². The fourth-order valence-electron chi connectivity index (χ4n) is 2.47. The molecule has 2 N–H and O–H groups in total. The van der Waals surface area contributed by atoms with Crippen LogP contribution in [-0.2, 0) is 6.54 Å². The summed E-state index contributed by atoms with van der Waals surface area (Å²) in [6.45, 7) is 9.48. The van der Waals surface area contributed by atoms with Crippen molar-refractivity contribution < 1.29 is 0 Å². The minimum atomic E-state index is 0.512. The first-order valence-corrected chi connectivity index (χ1v) is 6.38. The smallest absolute Gasteiger partial charge is 0.0560 e. The van der Waals surface area contributed by atoms with E-state index in [1.807, 2.05) is 6.20 Å². The molecule has 1 fully saturated rings. The van der Waals surface area contributed by atoms with E-state index in [-0.39, 0.29) is 0 Å². The number of piperazine rings is 1. The predicted octanol–water partition coefficient (Wildman–Crippen LogP) is 1.07. The molecule has 0 radical (unpaired) electrons. The number of aromatic nitrogens is 1. The Balaban J connectivity index is 2.08. The predicted molar refractivity (Wildman–Crippen MR) is 71.1 cm³/mol. The topological polar surface area (TPSA) is 45.4 Å². The van der Waals surface area contributed by atoms with Gasteiger partial charge in [-0.3, -0.25) is 9.88 Å². The molecular weight excluding hydrogens is 212 g/mol. The van der Waals surface area contributed by atoms with Gasteiger partial charge in [0.15, 0.2) is 0 Å². The van der Waals surface area contributed by atoms with Crippen molar-refractivity contribution >= 4 is 5.69 Å². The molecule has 1 aromatic heterocycles. The minimum absolute atomic E-state index is 0.512. The Morgan fingerprint density at radius 1 is 1.47 bits per heavy atom. The van der Waals surface area contributed by atoms with Gasteiger partial charge in [0, 0.05) is 44.1 Å². The summed E-state index contributed by atoms with van der Waals surface area (Å²) in [7, 11) is 0. The maximum Gasteiger partial charge on any atom is 0.0560 e. The van der Waals surface area contributed by atoms with E-state index >= 15 is 0 Å². The van der Waals surface area contributed by atoms with Crippen LogP contribution in [0.1, 0.15) is 19.5 Å². The van der Waals surface area contributed by atoms with E-state index in [0.717, 1.165) is 31.9 Å². The van der Waals surface area contributed by atoms with Crippen LogP contribution in [0.2, 0.25) is 0 Å². The van der Waals surface area contributed by atoms with Gasteiger partial charge in [-0.1, -0.05) is 6.92 Å². The van der Waals surface area contributed by atoms with Crippen LogP contribution in [0.5, 0.6) is 0 Å². The van der Waals surface area contributed by atoms with Crippen molar-refractivity contribution in [2.75, 3.05) is 31.1 Å². The SMILES string of the molecule is CCN1CCN(c2ccnc(CN)c2)CC1C. The molecule has 0 bridgehead atoms. The third-order valence-corrected chi connectivity index (χ3v) is 3.55. The highest BCUT2D eigenvalue weighted by Gasteiger charge is 2.22. The fourth-order valence-corrected chi connectivity index (χ4v) is 2.47. The Hall–Kier alpha value is -1.13. The van der Waals surface area contributed by atoms with E-state index in [4.69, 9.17) is 5.73 Å². The molecular formula is C13H22N4. The zero-order chi connectivity index (χ0) is 12.3. The fraction of sp³-hybridized carbons (Fsp3) is 0.615. The van der Waals surface area contributed by atoms with E-state index in [1.165, 1.54) is 5.69 Å². The second-order valence-electron chi connectivity index (χ2n) is 4.63. The monoisotopic (exact) mass is 234 g/mol. The van der Waals surface area contributed by atoms with Crippen LogP contribution in [0.25, 0.3) is 0 Å². The first-order chi connectivity index (χ1) is 8.24. The number of hydrogen-bond donors (Lipinski definition) is 1. The van der Waals surface area contributed by atoms with E-state index in [0.29, 0.717) is 12.6 Å². The average Bonchev–Trinajstić information content (AvgIpc) is 2.38. The molecule has 4 nitrogen and oxygen atoms in total. The third kappa shape index (κ3) is 2.76. The third-order valence-electron chi connectivity index (χ3n) is 3.55. The summed E-state index contributed by atoms with van der Waals surface area (Å²) in [6, 6.07) is 4.80. The number of likely N-dealkylation sites (N-methyl/N-ethyl adjacent to an activating group) is 1. The van der Waals surface area contributed by atoms with E-state index in [9.17, 15) is 0 Å². The van der Waals surface area contributed by atoms with Gasteiger partial charge in [0.05, 0.1) is 5.69 Å². The molecule has 1 atom stereocenters. The van der Waals surface area contributed by atoms with Gasteiger partial charge in [0.1, 0.15) is 0 Å². The molecule has 1 saturated heterocycles. The number of nitrogens with zero attached hydrogens (tertiary/aromatic N) is 3. The molecule has 0 amide bonds. The van der Waals surface area contributed by atoms with Crippen LogP contribution in [-0.4, -0.2) is 42.1 Å². The summed E-state index contributed by atoms with van der Waals surface area (Å²) in [5, 5.41) is 0. The normalized spacial score (nSPS) is 21.8. The summed E-state index contributed by atoms with van der Waals surface area (Å²) < 4.78 is 0. The first-order valence-electron chi connectivity index (χ1n) is 6.38. The standard InChI is InChI=1S/C13H22N4/c1-3-16-6-7-17(10-11(16)2)13-4-5-15-12(8-13)9-14/h4-5,8,11H,3,6-7,9-10,14H2,1-2H3. The highest BCUT2D eigenvalue weighted by molar-refractivity contribution is 5.47. The molecule has 94 valence electrons. The van der Waals surface area contributed by atoms with Crippen molar-refractivity contribution in [3.63, 3.8) is 0 Å². The quantitative estimate of drug-likeness (QED) is 0.850. The molecule has 1 unspecified atom stereocenters. The Labute approximate surface area is 103 Å². The lowest BCUT2D eigenvalue weighted by atomic mass is 10.1. The van der Waals surface area contributed by atoms with Crippen LogP contribution in [0.15, 0.2) is 18.3 Å². The number of hydrogen-bond acceptors (Lipinski definition) is 4. The molecule has 0 spiro atoms. The molecule has 2 rings (SSSR count). The van der Waals surface area contributed by atoms with Crippen LogP contribution in [0.3, 0.4) is 0 Å². The van der Waals surface area contributed by atoms with Crippen molar-refractivity contribution in [1.29, 1.82) is 0 Å². The maximum atomic E-state index is 5.63. The van der Waals surface area contributed by atoms with Crippen molar-refractivity contribution in [1.82, 2.24) is 9.88 Å². The summed E-state index contributed by atoms with van der Waals surface area (Å²) in [5.41, 5.74) is 7.85. The van der Waals surface area contributed by atoms with E-state index in [2.05, 4.69) is 40.8 Å². The minimum Gasteiger partial charge on any atom is -0.369 e. The summed E-state index contributed by atoms with van der Waals surface area (Å²) in [6.07, 6.45) is 1.86. The lowest BCUT2D eigenvalue weighted by Crippen LogP contribution is -2.51. The maximum absolute atomic E-state index is 5.63. The van der Waals surface area contributed by atoms with Gasteiger partial charge in [-0.05, 0) is 25.6 Å². The van der Waals surface area contributed by atoms with Crippen molar-refractivity contribution in [3.05, 3.63) is 24.0 Å². The Kier molecular flexibility index (Phi) is 3.97. The van der Waals surface area contributed by atoms with E-state index < -0.39 is 0 Å². The largest absolute Gasteiger partial charge is 0.369 e. The second kappa shape index (κ2) is 5.47. The van der Waals surface area contributed by atoms with Crippen LogP contribution in [0.4, 0.5) is 5.69 Å². The highest BCUT2D eigenvalue weighted by atomic mass is 15.3. The molecule has 0 aromatic carbocycles. The molecule has 0 aliphatic carbocycles. The van der Waals surface area contributed by atoms with Crippen molar-refractivity contribution in [3.8, 4) is 0 Å². The Morgan fingerprint density at radius 2 is 2.29 bits per heavy atom. The zero-order valence-electron chi connectivity index (χ0n) is 10.8. The van der Waals surface area contributed by atoms with Gasteiger partial charge >= 0.3 is 0 Å². The van der Waals surface area contributed by atoms with Gasteiger partial charge in [-0.2, -0.15) is 0 Å². The molecule has 4 heteroatoms. The number of pyridine rings is 1. The molecule has 2 heterocycles. The average molecular weight is 234 g/mol. The summed E-state index contributed by atoms with van der Waals surface area (Å²) in [5.74, 6) is 0. The molecule has 1 aliphatic rings. The number of rotatable bonds is 3. The molecule has 0 saturated carbocycles. The van der Waals surface area contributed by atoms with Crippen molar-refractivity contribution in [2.24, 2.45) is 5.73 Å². The highest BCUT2D eigenvalue weighted by Crippen LogP contribution is 2.19.